The van der Waals surface area contributed by atoms with Gasteiger partial charge in [0, 0.05) is 48.3 Å². The quantitative estimate of drug-likeness (QED) is 0.264. The molecule has 0 bridgehead atoms. The fraction of sp³-hybridized carbons (Fsp3) is 0.286. The molecule has 1 aliphatic heterocycles. The molecule has 41 heavy (non-hydrogen) atoms. The van der Waals surface area contributed by atoms with Gasteiger partial charge in [-0.1, -0.05) is 24.3 Å². The Bertz CT molecular complexity index is 1560. The fourth-order valence-corrected chi connectivity index (χ4v) is 4.43. The summed E-state index contributed by atoms with van der Waals surface area (Å²) in [6.07, 6.45) is -1.62. The first-order valence-corrected chi connectivity index (χ1v) is 12.9. The standard InChI is InChI=1S/C28H29F3N8O2/c1-38(2)11-5-10-22(40)32-19-7-3-6-18(16-19)24-23-25(28(29,30)31)36-37-26(23)35-27(34-24)33-20-8-4-9-21(17-20)39-12-14-41-15-13-39/h3-10,16-17H,11-15H2,1-2H3,(H,32,40)(H2,33,34,35,36,37)/b10-5+. The number of morpholine rings is 1. The van der Waals surface area contributed by atoms with Crippen LogP contribution in [0.25, 0.3) is 22.3 Å². The summed E-state index contributed by atoms with van der Waals surface area (Å²) in [5.74, 6) is -0.274. The van der Waals surface area contributed by atoms with E-state index in [1.165, 1.54) is 6.08 Å². The van der Waals surface area contributed by atoms with Crippen molar-refractivity contribution < 1.29 is 22.7 Å². The summed E-state index contributed by atoms with van der Waals surface area (Å²) in [6, 6.07) is 14.1. The normalized spacial score (nSPS) is 14.2. The number of nitrogens with zero attached hydrogens (tertiary/aromatic N) is 5. The van der Waals surface area contributed by atoms with Crippen molar-refractivity contribution in [2.75, 3.05) is 62.5 Å². The second kappa shape index (κ2) is 11.9. The average molecular weight is 567 g/mol. The zero-order chi connectivity index (χ0) is 29.0. The smallest absolute Gasteiger partial charge is 0.378 e. The van der Waals surface area contributed by atoms with E-state index in [0.717, 1.165) is 18.8 Å². The molecule has 1 aliphatic rings. The van der Waals surface area contributed by atoms with Gasteiger partial charge in [0.05, 0.1) is 24.3 Å². The Kier molecular flexibility index (Phi) is 8.17. The second-order valence-corrected chi connectivity index (χ2v) is 9.70. The highest BCUT2D eigenvalue weighted by atomic mass is 19.4. The van der Waals surface area contributed by atoms with Crippen molar-refractivity contribution in [3.8, 4) is 11.3 Å². The Hall–Kier alpha value is -4.49. The molecule has 0 radical (unpaired) electrons. The van der Waals surface area contributed by atoms with Crippen LogP contribution in [-0.4, -0.2) is 77.9 Å². The minimum absolute atomic E-state index is 0.0159. The van der Waals surface area contributed by atoms with Crippen molar-refractivity contribution in [3.05, 3.63) is 66.4 Å². The number of ether oxygens (including phenoxy) is 1. The lowest BCUT2D eigenvalue weighted by atomic mass is 10.1. The van der Waals surface area contributed by atoms with Gasteiger partial charge < -0.3 is 25.2 Å². The minimum atomic E-state index is -4.74. The molecular formula is C28H29F3N8O2. The van der Waals surface area contributed by atoms with Crippen LogP contribution in [0.3, 0.4) is 0 Å². The number of aromatic nitrogens is 4. The summed E-state index contributed by atoms with van der Waals surface area (Å²) in [6.45, 7) is 3.35. The van der Waals surface area contributed by atoms with Gasteiger partial charge in [0.15, 0.2) is 11.3 Å². The van der Waals surface area contributed by atoms with Crippen molar-refractivity contribution in [1.29, 1.82) is 0 Å². The number of hydrogen-bond acceptors (Lipinski definition) is 8. The number of aromatic amines is 1. The largest absolute Gasteiger partial charge is 0.435 e. The monoisotopic (exact) mass is 566 g/mol. The molecule has 10 nitrogen and oxygen atoms in total. The summed E-state index contributed by atoms with van der Waals surface area (Å²) in [5, 5.41) is 11.5. The van der Waals surface area contributed by atoms with Crippen LogP contribution in [0.4, 0.5) is 36.2 Å². The van der Waals surface area contributed by atoms with Crippen LogP contribution in [0.2, 0.25) is 0 Å². The van der Waals surface area contributed by atoms with Gasteiger partial charge in [-0.05, 0) is 44.4 Å². The van der Waals surface area contributed by atoms with Crippen molar-refractivity contribution in [3.63, 3.8) is 0 Å². The number of hydrogen-bond donors (Lipinski definition) is 3. The van der Waals surface area contributed by atoms with Crippen LogP contribution in [0.5, 0.6) is 0 Å². The summed E-state index contributed by atoms with van der Waals surface area (Å²) >= 11 is 0. The van der Waals surface area contributed by atoms with Crippen LogP contribution >= 0.6 is 0 Å². The number of carbonyl (C=O) groups is 1. The van der Waals surface area contributed by atoms with E-state index in [2.05, 4.69) is 35.7 Å². The van der Waals surface area contributed by atoms with E-state index in [1.807, 2.05) is 43.3 Å². The Balaban J connectivity index is 1.50. The zero-order valence-corrected chi connectivity index (χ0v) is 22.5. The van der Waals surface area contributed by atoms with Crippen molar-refractivity contribution in [1.82, 2.24) is 25.1 Å². The van der Waals surface area contributed by atoms with Crippen LogP contribution in [0, 0.1) is 0 Å². The third-order valence-electron chi connectivity index (χ3n) is 6.31. The van der Waals surface area contributed by atoms with Gasteiger partial charge in [-0.2, -0.15) is 23.3 Å². The molecule has 0 spiro atoms. The first kappa shape index (κ1) is 28.1. The molecule has 5 rings (SSSR count). The van der Waals surface area contributed by atoms with Crippen molar-refractivity contribution >= 4 is 40.0 Å². The average Bonchev–Trinajstić information content (AvgIpc) is 3.38. The molecule has 1 saturated heterocycles. The molecule has 0 aliphatic carbocycles. The number of likely N-dealkylation sites (N-methyl/N-ethyl adjacent to an activating group) is 1. The topological polar surface area (TPSA) is 111 Å². The maximum Gasteiger partial charge on any atom is 0.435 e. The Morgan fingerprint density at radius 2 is 1.85 bits per heavy atom. The van der Waals surface area contributed by atoms with Gasteiger partial charge in [-0.3, -0.25) is 9.89 Å². The summed E-state index contributed by atoms with van der Waals surface area (Å²) in [7, 11) is 3.76. The molecule has 13 heteroatoms. The van der Waals surface area contributed by atoms with Crippen LogP contribution < -0.4 is 15.5 Å². The molecule has 214 valence electrons. The molecule has 0 unspecified atom stereocenters. The highest BCUT2D eigenvalue weighted by Gasteiger charge is 2.38. The number of H-pyrrole nitrogens is 1. The number of amides is 1. The number of rotatable bonds is 8. The Labute approximate surface area is 234 Å². The molecule has 3 heterocycles. The highest BCUT2D eigenvalue weighted by molar-refractivity contribution is 6.00. The van der Waals surface area contributed by atoms with E-state index in [-0.39, 0.29) is 28.6 Å². The second-order valence-electron chi connectivity index (χ2n) is 9.70. The molecule has 0 saturated carbocycles. The van der Waals surface area contributed by atoms with Crippen LogP contribution in [-0.2, 0) is 15.7 Å². The van der Waals surface area contributed by atoms with E-state index in [0.29, 0.717) is 36.7 Å². The number of nitrogens with one attached hydrogen (secondary N) is 3. The maximum atomic E-state index is 13.9. The first-order valence-electron chi connectivity index (χ1n) is 12.9. The van der Waals surface area contributed by atoms with Gasteiger partial charge in [-0.25, -0.2) is 4.98 Å². The van der Waals surface area contributed by atoms with E-state index in [4.69, 9.17) is 4.74 Å². The molecule has 3 N–H and O–H groups in total. The molecule has 1 amide bonds. The van der Waals surface area contributed by atoms with Gasteiger partial charge in [-0.15, -0.1) is 0 Å². The lowest BCUT2D eigenvalue weighted by molar-refractivity contribution is -0.139. The van der Waals surface area contributed by atoms with E-state index >= 15 is 0 Å². The molecule has 0 atom stereocenters. The van der Waals surface area contributed by atoms with E-state index in [1.54, 1.807) is 30.3 Å². The molecule has 4 aromatic rings. The number of halogens is 3. The number of carbonyl (C=O) groups excluding carboxylic acids is 1. The molecule has 1 fully saturated rings. The van der Waals surface area contributed by atoms with E-state index in [9.17, 15) is 18.0 Å². The molecule has 2 aromatic heterocycles. The Morgan fingerprint density at radius 1 is 1.10 bits per heavy atom. The summed E-state index contributed by atoms with van der Waals surface area (Å²) < 4.78 is 47.1. The van der Waals surface area contributed by atoms with Crippen LogP contribution in [0.15, 0.2) is 60.7 Å². The summed E-state index contributed by atoms with van der Waals surface area (Å²) in [5.41, 5.74) is 1.22. The van der Waals surface area contributed by atoms with E-state index < -0.39 is 11.9 Å². The van der Waals surface area contributed by atoms with Gasteiger partial charge in [0.25, 0.3) is 0 Å². The number of alkyl halides is 3. The van der Waals surface area contributed by atoms with Crippen LogP contribution in [0.1, 0.15) is 5.69 Å². The van der Waals surface area contributed by atoms with Gasteiger partial charge in [0.2, 0.25) is 11.9 Å². The van der Waals surface area contributed by atoms with Crippen molar-refractivity contribution in [2.24, 2.45) is 0 Å². The lowest BCUT2D eigenvalue weighted by Crippen LogP contribution is -2.36. The summed E-state index contributed by atoms with van der Waals surface area (Å²) in [4.78, 5) is 25.2. The lowest BCUT2D eigenvalue weighted by Gasteiger charge is -2.29. The first-order chi connectivity index (χ1) is 19.7. The fourth-order valence-electron chi connectivity index (χ4n) is 4.43. The van der Waals surface area contributed by atoms with Gasteiger partial charge >= 0.3 is 6.18 Å². The minimum Gasteiger partial charge on any atom is -0.378 e. The predicted molar refractivity (Wildman–Crippen MR) is 151 cm³/mol. The third kappa shape index (κ3) is 6.81. The molecule has 2 aromatic carbocycles. The zero-order valence-electron chi connectivity index (χ0n) is 22.5. The maximum absolute atomic E-state index is 13.9. The number of fused-ring (bicyclic) bond motifs is 1. The Morgan fingerprint density at radius 3 is 2.61 bits per heavy atom. The van der Waals surface area contributed by atoms with Gasteiger partial charge in [0.1, 0.15) is 0 Å². The molecular weight excluding hydrogens is 537 g/mol. The highest BCUT2D eigenvalue weighted by Crippen LogP contribution is 2.38. The SMILES string of the molecule is CN(C)C/C=C/C(=O)Nc1cccc(-c2nc(Nc3cccc(N4CCOCC4)c3)nc3[nH]nc(C(F)(F)F)c23)c1. The number of anilines is 4. The third-order valence-corrected chi connectivity index (χ3v) is 6.31. The number of benzene rings is 2. The predicted octanol–water partition coefficient (Wildman–Crippen LogP) is 4.68. The van der Waals surface area contributed by atoms with Crippen molar-refractivity contribution in [2.45, 2.75) is 6.18 Å².